The maximum atomic E-state index is 12.9. The van der Waals surface area contributed by atoms with Crippen LogP contribution in [0.2, 0.25) is 0 Å². The minimum absolute atomic E-state index is 0.158. The molecule has 1 atom stereocenters. The fourth-order valence-corrected chi connectivity index (χ4v) is 4.51. The lowest BCUT2D eigenvalue weighted by Gasteiger charge is -2.11. The summed E-state index contributed by atoms with van der Waals surface area (Å²) >= 11 is 2.58. The van der Waals surface area contributed by atoms with Crippen molar-refractivity contribution in [3.8, 4) is 0 Å². The van der Waals surface area contributed by atoms with E-state index >= 15 is 0 Å². The van der Waals surface area contributed by atoms with Crippen LogP contribution in [0.5, 0.6) is 0 Å². The summed E-state index contributed by atoms with van der Waals surface area (Å²) in [7, 11) is 0. The monoisotopic (exact) mass is 479 g/mol. The number of aromatic nitrogens is 1. The van der Waals surface area contributed by atoms with Crippen LogP contribution < -0.4 is 10.6 Å². The zero-order valence-corrected chi connectivity index (χ0v) is 18.8. The Hall–Kier alpha value is -2.85. The summed E-state index contributed by atoms with van der Waals surface area (Å²) in [5.74, 6) is -0.394. The van der Waals surface area contributed by atoms with Gasteiger partial charge in [-0.2, -0.15) is 13.2 Å². The van der Waals surface area contributed by atoms with Gasteiger partial charge in [-0.3, -0.25) is 9.59 Å². The molecule has 0 aliphatic heterocycles. The molecule has 168 valence electrons. The number of carbonyl (C=O) groups is 2. The van der Waals surface area contributed by atoms with E-state index in [4.69, 9.17) is 0 Å². The van der Waals surface area contributed by atoms with E-state index in [1.54, 1.807) is 31.3 Å². The van der Waals surface area contributed by atoms with Gasteiger partial charge in [-0.25, -0.2) is 4.98 Å². The number of amides is 2. The second kappa shape index (κ2) is 10.2. The fraction of sp³-hybridized carbons (Fsp3) is 0.227. The number of nitrogens with zero attached hydrogens (tertiary/aromatic N) is 1. The summed E-state index contributed by atoms with van der Waals surface area (Å²) in [4.78, 5) is 29.4. The van der Waals surface area contributed by atoms with Crippen LogP contribution in [-0.2, 0) is 22.2 Å². The molecule has 5 nitrogen and oxygen atoms in total. The molecule has 10 heteroatoms. The Morgan fingerprint density at radius 1 is 1.12 bits per heavy atom. The molecule has 0 fully saturated rings. The Labute approximate surface area is 191 Å². The number of alkyl halides is 3. The van der Waals surface area contributed by atoms with E-state index in [1.807, 2.05) is 12.1 Å². The number of benzene rings is 2. The molecule has 0 radical (unpaired) electrons. The maximum absolute atomic E-state index is 12.9. The van der Waals surface area contributed by atoms with Crippen molar-refractivity contribution in [1.29, 1.82) is 0 Å². The van der Waals surface area contributed by atoms with E-state index < -0.39 is 17.0 Å². The van der Waals surface area contributed by atoms with Gasteiger partial charge < -0.3 is 10.6 Å². The molecule has 3 rings (SSSR count). The molecule has 0 saturated heterocycles. The van der Waals surface area contributed by atoms with Gasteiger partial charge in [-0.15, -0.1) is 23.1 Å². The number of rotatable bonds is 7. The van der Waals surface area contributed by atoms with Gasteiger partial charge in [-0.05, 0) is 42.8 Å². The molecule has 1 heterocycles. The number of thiazole rings is 1. The van der Waals surface area contributed by atoms with Crippen LogP contribution in [-0.4, -0.2) is 22.0 Å². The quantitative estimate of drug-likeness (QED) is 0.418. The Kier molecular flexibility index (Phi) is 7.57. The summed E-state index contributed by atoms with van der Waals surface area (Å²) in [6.45, 7) is 3.19. The predicted octanol–water partition coefficient (Wildman–Crippen LogP) is 5.83. The number of anilines is 2. The van der Waals surface area contributed by atoms with Crippen LogP contribution in [0, 0.1) is 0 Å². The molecular weight excluding hydrogens is 459 g/mol. The lowest BCUT2D eigenvalue weighted by Crippen LogP contribution is -2.22. The van der Waals surface area contributed by atoms with Crippen molar-refractivity contribution in [1.82, 2.24) is 4.98 Å². The third-order valence-electron chi connectivity index (χ3n) is 4.27. The number of hydrogen-bond acceptors (Lipinski definition) is 5. The van der Waals surface area contributed by atoms with Gasteiger partial charge in [0, 0.05) is 35.0 Å². The van der Waals surface area contributed by atoms with Gasteiger partial charge in [0.1, 0.15) is 0 Å². The van der Waals surface area contributed by atoms with Crippen molar-refractivity contribution in [2.24, 2.45) is 0 Å². The van der Waals surface area contributed by atoms with Crippen LogP contribution in [0.25, 0.3) is 0 Å². The molecule has 2 amide bonds. The molecule has 0 aliphatic rings. The SMILES string of the molecule is CC(=O)Nc1ccc(SC(C)C(=O)Nc2ncc(Cc3cccc(C(F)(F)F)c3)s2)cc1. The van der Waals surface area contributed by atoms with E-state index in [2.05, 4.69) is 15.6 Å². The zero-order chi connectivity index (χ0) is 23.3. The summed E-state index contributed by atoms with van der Waals surface area (Å²) in [6, 6.07) is 12.3. The first-order valence-electron chi connectivity index (χ1n) is 9.56. The molecule has 2 N–H and O–H groups in total. The Balaban J connectivity index is 1.56. The molecule has 1 unspecified atom stereocenters. The first-order chi connectivity index (χ1) is 15.1. The molecule has 0 bridgehead atoms. The van der Waals surface area contributed by atoms with Gasteiger partial charge in [0.2, 0.25) is 11.8 Å². The van der Waals surface area contributed by atoms with E-state index in [0.29, 0.717) is 22.8 Å². The average Bonchev–Trinajstić information content (AvgIpc) is 3.15. The topological polar surface area (TPSA) is 71.1 Å². The fourth-order valence-electron chi connectivity index (χ4n) is 2.79. The van der Waals surface area contributed by atoms with Gasteiger partial charge in [-0.1, -0.05) is 18.2 Å². The molecular formula is C22H20F3N3O2S2. The molecule has 3 aromatic rings. The van der Waals surface area contributed by atoms with Crippen molar-refractivity contribution in [3.63, 3.8) is 0 Å². The number of carbonyl (C=O) groups excluding carboxylic acids is 2. The highest BCUT2D eigenvalue weighted by Gasteiger charge is 2.30. The van der Waals surface area contributed by atoms with Crippen molar-refractivity contribution in [2.45, 2.75) is 36.6 Å². The van der Waals surface area contributed by atoms with Gasteiger partial charge in [0.05, 0.1) is 10.8 Å². The first kappa shape index (κ1) is 23.8. The smallest absolute Gasteiger partial charge is 0.326 e. The molecule has 32 heavy (non-hydrogen) atoms. The molecule has 0 aliphatic carbocycles. The van der Waals surface area contributed by atoms with Crippen LogP contribution in [0.3, 0.4) is 0 Å². The van der Waals surface area contributed by atoms with Crippen LogP contribution in [0.4, 0.5) is 24.0 Å². The maximum Gasteiger partial charge on any atom is 0.416 e. The van der Waals surface area contributed by atoms with Crippen molar-refractivity contribution < 1.29 is 22.8 Å². The van der Waals surface area contributed by atoms with E-state index in [1.165, 1.54) is 36.1 Å². The highest BCUT2D eigenvalue weighted by Crippen LogP contribution is 2.31. The van der Waals surface area contributed by atoms with E-state index in [0.717, 1.165) is 21.9 Å². The lowest BCUT2D eigenvalue weighted by molar-refractivity contribution is -0.137. The van der Waals surface area contributed by atoms with E-state index in [9.17, 15) is 22.8 Å². The van der Waals surface area contributed by atoms with Crippen molar-refractivity contribution in [2.75, 3.05) is 10.6 Å². The van der Waals surface area contributed by atoms with Gasteiger partial charge in [0.25, 0.3) is 0 Å². The summed E-state index contributed by atoms with van der Waals surface area (Å²) in [5.41, 5.74) is 0.507. The molecule has 1 aromatic heterocycles. The molecule has 0 spiro atoms. The summed E-state index contributed by atoms with van der Waals surface area (Å²) in [5, 5.41) is 5.42. The van der Waals surface area contributed by atoms with Crippen molar-refractivity contribution >= 4 is 45.7 Å². The van der Waals surface area contributed by atoms with E-state index in [-0.39, 0.29) is 11.8 Å². The minimum Gasteiger partial charge on any atom is -0.326 e. The predicted molar refractivity (Wildman–Crippen MR) is 121 cm³/mol. The van der Waals surface area contributed by atoms with Crippen LogP contribution >= 0.6 is 23.1 Å². The normalized spacial score (nSPS) is 12.3. The van der Waals surface area contributed by atoms with Crippen molar-refractivity contribution in [3.05, 3.63) is 70.7 Å². The van der Waals surface area contributed by atoms with Crippen LogP contribution in [0.15, 0.2) is 59.6 Å². The standard InChI is InChI=1S/C22H20F3N3O2S2/c1-13(31-18-8-6-17(7-9-18)27-14(2)29)20(30)28-21-26-12-19(32-21)11-15-4-3-5-16(10-15)22(23,24)25/h3-10,12-13H,11H2,1-2H3,(H,27,29)(H,26,28,30). The zero-order valence-electron chi connectivity index (χ0n) is 17.2. The summed E-state index contributed by atoms with van der Waals surface area (Å²) < 4.78 is 38.6. The van der Waals surface area contributed by atoms with Crippen LogP contribution in [0.1, 0.15) is 29.9 Å². The highest BCUT2D eigenvalue weighted by atomic mass is 32.2. The second-order valence-corrected chi connectivity index (χ2v) is 9.49. The Morgan fingerprint density at radius 3 is 2.50 bits per heavy atom. The first-order valence-corrected chi connectivity index (χ1v) is 11.3. The second-order valence-electron chi connectivity index (χ2n) is 6.96. The van der Waals surface area contributed by atoms with Gasteiger partial charge in [0.15, 0.2) is 5.13 Å². The third kappa shape index (κ3) is 6.83. The average molecular weight is 480 g/mol. The molecule has 0 saturated carbocycles. The number of nitrogens with one attached hydrogen (secondary N) is 2. The summed E-state index contributed by atoms with van der Waals surface area (Å²) in [6.07, 6.45) is -2.54. The number of halogens is 3. The lowest BCUT2D eigenvalue weighted by atomic mass is 10.1. The minimum atomic E-state index is -4.39. The highest BCUT2D eigenvalue weighted by molar-refractivity contribution is 8.00. The third-order valence-corrected chi connectivity index (χ3v) is 6.30. The number of thioether (sulfide) groups is 1. The molecule has 2 aromatic carbocycles. The Morgan fingerprint density at radius 2 is 1.84 bits per heavy atom. The number of hydrogen-bond donors (Lipinski definition) is 2. The largest absolute Gasteiger partial charge is 0.416 e. The van der Waals surface area contributed by atoms with Gasteiger partial charge >= 0.3 is 6.18 Å². The Bertz CT molecular complexity index is 1100.